The molecule has 2 rings (SSSR count). The van der Waals surface area contributed by atoms with Crippen LogP contribution in [-0.4, -0.2) is 64.5 Å². The fourth-order valence-corrected chi connectivity index (χ4v) is 4.92. The quantitative estimate of drug-likeness (QED) is 0.793. The molecule has 0 bridgehead atoms. The Labute approximate surface area is 147 Å². The SMILES string of the molecule is Cc1cc(C)c(C)c(S(=O)(=O)NCCCN2CCN(C)CC2)c1C. The van der Waals surface area contributed by atoms with Crippen LogP contribution >= 0.6 is 0 Å². The maximum Gasteiger partial charge on any atom is 0.241 e. The largest absolute Gasteiger partial charge is 0.304 e. The van der Waals surface area contributed by atoms with Crippen LogP contribution in [0.4, 0.5) is 0 Å². The summed E-state index contributed by atoms with van der Waals surface area (Å²) in [7, 11) is -1.32. The molecule has 1 aromatic rings. The third kappa shape index (κ3) is 4.57. The van der Waals surface area contributed by atoms with Gasteiger partial charge in [-0.3, -0.25) is 0 Å². The van der Waals surface area contributed by atoms with E-state index in [0.717, 1.165) is 61.4 Å². The van der Waals surface area contributed by atoms with Crippen LogP contribution in [0, 0.1) is 27.7 Å². The van der Waals surface area contributed by atoms with Gasteiger partial charge in [-0.2, -0.15) is 0 Å². The summed E-state index contributed by atoms with van der Waals surface area (Å²) >= 11 is 0. The van der Waals surface area contributed by atoms with Gasteiger partial charge in [0.2, 0.25) is 10.0 Å². The van der Waals surface area contributed by atoms with Gasteiger partial charge < -0.3 is 9.80 Å². The van der Waals surface area contributed by atoms with Crippen LogP contribution < -0.4 is 4.72 Å². The molecule has 136 valence electrons. The number of hydrogen-bond donors (Lipinski definition) is 1. The molecule has 1 heterocycles. The number of hydrogen-bond acceptors (Lipinski definition) is 4. The van der Waals surface area contributed by atoms with Crippen molar-refractivity contribution in [2.75, 3.05) is 46.3 Å². The molecule has 0 amide bonds. The molecule has 1 fully saturated rings. The number of likely N-dealkylation sites (N-methyl/N-ethyl adjacent to an activating group) is 1. The maximum atomic E-state index is 12.7. The van der Waals surface area contributed by atoms with Crippen molar-refractivity contribution in [3.63, 3.8) is 0 Å². The van der Waals surface area contributed by atoms with Crippen molar-refractivity contribution in [3.05, 3.63) is 28.3 Å². The van der Waals surface area contributed by atoms with Gasteiger partial charge in [0.1, 0.15) is 0 Å². The molecule has 0 radical (unpaired) electrons. The first-order valence-corrected chi connectivity index (χ1v) is 10.2. The first kappa shape index (κ1) is 19.4. The van der Waals surface area contributed by atoms with Crippen molar-refractivity contribution in [2.24, 2.45) is 0 Å². The van der Waals surface area contributed by atoms with Gasteiger partial charge in [-0.15, -0.1) is 0 Å². The van der Waals surface area contributed by atoms with Crippen LogP contribution in [-0.2, 0) is 10.0 Å². The molecule has 1 aromatic carbocycles. The van der Waals surface area contributed by atoms with Crippen LogP contribution in [0.5, 0.6) is 0 Å². The molecule has 0 saturated carbocycles. The van der Waals surface area contributed by atoms with E-state index in [4.69, 9.17) is 0 Å². The molecule has 0 unspecified atom stereocenters. The third-order valence-corrected chi connectivity index (χ3v) is 6.84. The zero-order chi connectivity index (χ0) is 17.9. The van der Waals surface area contributed by atoms with Crippen molar-refractivity contribution in [1.29, 1.82) is 0 Å². The van der Waals surface area contributed by atoms with Gasteiger partial charge in [0.25, 0.3) is 0 Å². The molecule has 0 aromatic heterocycles. The van der Waals surface area contributed by atoms with Crippen molar-refractivity contribution < 1.29 is 8.42 Å². The highest BCUT2D eigenvalue weighted by molar-refractivity contribution is 7.89. The predicted octanol–water partition coefficient (Wildman–Crippen LogP) is 1.84. The number of sulfonamides is 1. The van der Waals surface area contributed by atoms with Crippen molar-refractivity contribution in [1.82, 2.24) is 14.5 Å². The van der Waals surface area contributed by atoms with E-state index in [2.05, 4.69) is 27.6 Å². The highest BCUT2D eigenvalue weighted by Gasteiger charge is 2.21. The average Bonchev–Trinajstić information content (AvgIpc) is 2.51. The highest BCUT2D eigenvalue weighted by Crippen LogP contribution is 2.25. The fraction of sp³-hybridized carbons (Fsp3) is 0.667. The molecule has 0 atom stereocenters. The van der Waals surface area contributed by atoms with Crippen LogP contribution in [0.1, 0.15) is 28.7 Å². The molecule has 1 saturated heterocycles. The molecule has 0 spiro atoms. The first-order chi connectivity index (χ1) is 11.2. The number of rotatable bonds is 6. The smallest absolute Gasteiger partial charge is 0.241 e. The second kappa shape index (κ2) is 7.95. The summed E-state index contributed by atoms with van der Waals surface area (Å²) < 4.78 is 28.3. The van der Waals surface area contributed by atoms with E-state index in [9.17, 15) is 8.42 Å². The molecule has 1 N–H and O–H groups in total. The summed E-state index contributed by atoms with van der Waals surface area (Å²) in [5.41, 5.74) is 3.75. The highest BCUT2D eigenvalue weighted by atomic mass is 32.2. The minimum Gasteiger partial charge on any atom is -0.304 e. The zero-order valence-electron chi connectivity index (χ0n) is 15.6. The number of benzene rings is 1. The van der Waals surface area contributed by atoms with Crippen LogP contribution in [0.15, 0.2) is 11.0 Å². The van der Waals surface area contributed by atoms with E-state index in [1.807, 2.05) is 27.7 Å². The van der Waals surface area contributed by atoms with Crippen molar-refractivity contribution >= 4 is 10.0 Å². The van der Waals surface area contributed by atoms with Gasteiger partial charge in [-0.05, 0) is 70.0 Å². The summed E-state index contributed by atoms with van der Waals surface area (Å²) in [5, 5.41) is 0. The van der Waals surface area contributed by atoms with Crippen LogP contribution in [0.3, 0.4) is 0 Å². The minimum absolute atomic E-state index is 0.458. The fourth-order valence-electron chi connectivity index (χ4n) is 3.24. The Kier molecular flexibility index (Phi) is 6.42. The number of nitrogens with zero attached hydrogens (tertiary/aromatic N) is 2. The van der Waals surface area contributed by atoms with Gasteiger partial charge >= 0.3 is 0 Å². The van der Waals surface area contributed by atoms with Gasteiger partial charge in [0, 0.05) is 32.7 Å². The molecule has 0 aliphatic carbocycles. The number of aryl methyl sites for hydroxylation is 2. The lowest BCUT2D eigenvalue weighted by atomic mass is 10.0. The van der Waals surface area contributed by atoms with Crippen LogP contribution in [0.25, 0.3) is 0 Å². The minimum atomic E-state index is -3.46. The van der Waals surface area contributed by atoms with Crippen LogP contribution in [0.2, 0.25) is 0 Å². The lowest BCUT2D eigenvalue weighted by molar-refractivity contribution is 0.153. The maximum absolute atomic E-state index is 12.7. The lowest BCUT2D eigenvalue weighted by Gasteiger charge is -2.32. The summed E-state index contributed by atoms with van der Waals surface area (Å²) in [5.74, 6) is 0. The molecular weight excluding hydrogens is 322 g/mol. The summed E-state index contributed by atoms with van der Waals surface area (Å²) in [4.78, 5) is 5.19. The standard InChI is InChI=1S/C18H31N3O2S/c1-14-13-15(2)17(4)18(16(14)3)24(22,23)19-7-6-8-21-11-9-20(5)10-12-21/h13,19H,6-12H2,1-5H3. The van der Waals surface area contributed by atoms with E-state index >= 15 is 0 Å². The van der Waals surface area contributed by atoms with E-state index in [1.54, 1.807) is 0 Å². The molecule has 6 heteroatoms. The van der Waals surface area contributed by atoms with E-state index < -0.39 is 10.0 Å². The molecule has 1 aliphatic heterocycles. The second-order valence-corrected chi connectivity index (χ2v) is 8.69. The lowest BCUT2D eigenvalue weighted by Crippen LogP contribution is -2.45. The summed E-state index contributed by atoms with van der Waals surface area (Å²) in [6.07, 6.45) is 0.839. The second-order valence-electron chi connectivity index (χ2n) is 6.99. The first-order valence-electron chi connectivity index (χ1n) is 8.70. The number of nitrogens with one attached hydrogen (secondary N) is 1. The predicted molar refractivity (Wildman–Crippen MR) is 99.1 cm³/mol. The Balaban J connectivity index is 1.95. The van der Waals surface area contributed by atoms with Crippen molar-refractivity contribution in [2.45, 2.75) is 39.0 Å². The molecule has 5 nitrogen and oxygen atoms in total. The summed E-state index contributed by atoms with van der Waals surface area (Å²) in [6.45, 7) is 13.5. The topological polar surface area (TPSA) is 52.7 Å². The Morgan fingerprint density at radius 2 is 1.54 bits per heavy atom. The Morgan fingerprint density at radius 3 is 2.08 bits per heavy atom. The van der Waals surface area contributed by atoms with E-state index in [0.29, 0.717) is 11.4 Å². The number of piperazine rings is 1. The Morgan fingerprint density at radius 1 is 1.00 bits per heavy atom. The summed E-state index contributed by atoms with van der Waals surface area (Å²) in [6, 6.07) is 2.05. The molecule has 24 heavy (non-hydrogen) atoms. The van der Waals surface area contributed by atoms with Crippen molar-refractivity contribution in [3.8, 4) is 0 Å². The normalized spacial score (nSPS) is 17.4. The average molecular weight is 354 g/mol. The van der Waals surface area contributed by atoms with Gasteiger partial charge in [-0.1, -0.05) is 6.07 Å². The molecular formula is C18H31N3O2S. The molecule has 1 aliphatic rings. The Bertz CT molecular complexity index is 652. The van der Waals surface area contributed by atoms with Gasteiger partial charge in [0.15, 0.2) is 0 Å². The Hall–Kier alpha value is -0.950. The third-order valence-electron chi connectivity index (χ3n) is 5.11. The zero-order valence-corrected chi connectivity index (χ0v) is 16.5. The van der Waals surface area contributed by atoms with Gasteiger partial charge in [-0.25, -0.2) is 13.1 Å². The van der Waals surface area contributed by atoms with E-state index in [1.165, 1.54) is 0 Å². The van der Waals surface area contributed by atoms with Gasteiger partial charge in [0.05, 0.1) is 4.90 Å². The monoisotopic (exact) mass is 353 g/mol. The van der Waals surface area contributed by atoms with E-state index in [-0.39, 0.29) is 0 Å².